The number of benzene rings is 3. The molecule has 0 heterocycles. The Hall–Kier alpha value is -4.47. The summed E-state index contributed by atoms with van der Waals surface area (Å²) in [7, 11) is 1.52. The summed E-state index contributed by atoms with van der Waals surface area (Å²) in [5, 5.41) is 26.1. The molecule has 0 bridgehead atoms. The number of hydrogen-bond donors (Lipinski definition) is 1. The largest absolute Gasteiger partial charge is 0.493 e. The standard InChI is InChI=1S/C21H18N4O6/c1-30-20-9-5-8-16(21(20)31-14-15-6-3-2-4-7-15)13-22-23-18-11-10-17(24(26)27)12-19(18)25(28)29/h2-13,23H,14H2,1H3. The maximum Gasteiger partial charge on any atom is 0.301 e. The molecule has 3 aromatic rings. The van der Waals surface area contributed by atoms with Gasteiger partial charge < -0.3 is 9.47 Å². The van der Waals surface area contributed by atoms with Crippen molar-refractivity contribution in [1.82, 2.24) is 0 Å². The van der Waals surface area contributed by atoms with Gasteiger partial charge in [0.2, 0.25) is 0 Å². The van der Waals surface area contributed by atoms with Crippen molar-refractivity contribution in [1.29, 1.82) is 0 Å². The first-order valence-electron chi connectivity index (χ1n) is 9.05. The summed E-state index contributed by atoms with van der Waals surface area (Å²) < 4.78 is 11.3. The maximum absolute atomic E-state index is 11.2. The molecule has 0 atom stereocenters. The molecule has 0 aliphatic carbocycles. The fraction of sp³-hybridized carbons (Fsp3) is 0.0952. The minimum Gasteiger partial charge on any atom is -0.493 e. The van der Waals surface area contributed by atoms with Crippen molar-refractivity contribution in [3.8, 4) is 11.5 Å². The molecule has 158 valence electrons. The Balaban J connectivity index is 1.82. The number of nitrogens with zero attached hydrogens (tertiary/aromatic N) is 3. The zero-order valence-corrected chi connectivity index (χ0v) is 16.4. The third kappa shape index (κ3) is 5.32. The molecule has 0 aliphatic heterocycles. The molecule has 0 saturated carbocycles. The SMILES string of the molecule is COc1cccc(C=NNc2ccc([N+](=O)[O-])cc2[N+](=O)[O-])c1OCc1ccccc1. The van der Waals surface area contributed by atoms with E-state index in [1.807, 2.05) is 30.3 Å². The van der Waals surface area contributed by atoms with E-state index in [1.54, 1.807) is 18.2 Å². The zero-order chi connectivity index (χ0) is 22.2. The normalized spacial score (nSPS) is 10.6. The molecule has 10 nitrogen and oxygen atoms in total. The average Bonchev–Trinajstić information content (AvgIpc) is 2.78. The molecule has 0 unspecified atom stereocenters. The minimum absolute atomic E-state index is 0.0153. The van der Waals surface area contributed by atoms with E-state index in [2.05, 4.69) is 10.5 Å². The van der Waals surface area contributed by atoms with Crippen LogP contribution in [0.25, 0.3) is 0 Å². The molecule has 0 spiro atoms. The lowest BCUT2D eigenvalue weighted by Gasteiger charge is -2.13. The van der Waals surface area contributed by atoms with Gasteiger partial charge in [-0.05, 0) is 23.8 Å². The molecule has 1 N–H and O–H groups in total. The summed E-state index contributed by atoms with van der Waals surface area (Å²) in [5.74, 6) is 0.957. The third-order valence-corrected chi connectivity index (χ3v) is 4.23. The Morgan fingerprint density at radius 2 is 1.77 bits per heavy atom. The van der Waals surface area contributed by atoms with E-state index < -0.39 is 15.5 Å². The van der Waals surface area contributed by atoms with E-state index >= 15 is 0 Å². The van der Waals surface area contributed by atoms with Gasteiger partial charge in [-0.1, -0.05) is 36.4 Å². The van der Waals surface area contributed by atoms with Crippen LogP contribution in [0.15, 0.2) is 71.8 Å². The Morgan fingerprint density at radius 1 is 1.00 bits per heavy atom. The zero-order valence-electron chi connectivity index (χ0n) is 16.4. The summed E-state index contributed by atoms with van der Waals surface area (Å²) in [5.41, 5.74) is 3.27. The van der Waals surface area contributed by atoms with Crippen LogP contribution in [0.2, 0.25) is 0 Å². The smallest absolute Gasteiger partial charge is 0.301 e. The second-order valence-electron chi connectivity index (χ2n) is 6.24. The van der Waals surface area contributed by atoms with Crippen molar-refractivity contribution in [2.24, 2.45) is 5.10 Å². The summed E-state index contributed by atoms with van der Waals surface area (Å²) in [6.07, 6.45) is 1.42. The molecule has 3 aromatic carbocycles. The quantitative estimate of drug-likeness (QED) is 0.304. The molecule has 0 saturated heterocycles. The first-order chi connectivity index (χ1) is 15.0. The van der Waals surface area contributed by atoms with Gasteiger partial charge in [-0.3, -0.25) is 25.7 Å². The van der Waals surface area contributed by atoms with E-state index in [0.717, 1.165) is 17.7 Å². The average molecular weight is 422 g/mol. The van der Waals surface area contributed by atoms with Crippen molar-refractivity contribution < 1.29 is 19.3 Å². The van der Waals surface area contributed by atoms with Gasteiger partial charge in [0, 0.05) is 11.6 Å². The highest BCUT2D eigenvalue weighted by atomic mass is 16.6. The lowest BCUT2D eigenvalue weighted by Crippen LogP contribution is -2.02. The van der Waals surface area contributed by atoms with Crippen LogP contribution in [0.5, 0.6) is 11.5 Å². The Labute approximate surface area is 177 Å². The number of nitrogens with one attached hydrogen (secondary N) is 1. The Kier molecular flexibility index (Phi) is 6.74. The minimum atomic E-state index is -0.717. The molecule has 0 aromatic heterocycles. The van der Waals surface area contributed by atoms with E-state index in [0.29, 0.717) is 23.7 Å². The van der Waals surface area contributed by atoms with Gasteiger partial charge in [-0.2, -0.15) is 5.10 Å². The third-order valence-electron chi connectivity index (χ3n) is 4.23. The van der Waals surface area contributed by atoms with Gasteiger partial charge in [0.05, 0.1) is 29.2 Å². The number of nitro groups is 2. The van der Waals surface area contributed by atoms with Crippen LogP contribution in [0, 0.1) is 20.2 Å². The number of hydrogen-bond acceptors (Lipinski definition) is 8. The second-order valence-corrected chi connectivity index (χ2v) is 6.24. The lowest BCUT2D eigenvalue weighted by molar-refractivity contribution is -0.393. The highest BCUT2D eigenvalue weighted by Crippen LogP contribution is 2.32. The Morgan fingerprint density at radius 3 is 2.45 bits per heavy atom. The fourth-order valence-corrected chi connectivity index (χ4v) is 2.73. The molecular weight excluding hydrogens is 404 g/mol. The van der Waals surface area contributed by atoms with E-state index in [1.165, 1.54) is 19.4 Å². The van der Waals surface area contributed by atoms with Crippen LogP contribution in [-0.2, 0) is 6.61 Å². The monoisotopic (exact) mass is 422 g/mol. The predicted octanol–water partition coefficient (Wildman–Crippen LogP) is 4.54. The van der Waals surface area contributed by atoms with Gasteiger partial charge in [0.1, 0.15) is 12.3 Å². The van der Waals surface area contributed by atoms with Crippen molar-refractivity contribution >= 4 is 23.3 Å². The first kappa shape index (κ1) is 21.2. The van der Waals surface area contributed by atoms with Gasteiger partial charge >= 0.3 is 5.69 Å². The molecule has 3 rings (SSSR count). The van der Waals surface area contributed by atoms with Crippen molar-refractivity contribution in [2.75, 3.05) is 12.5 Å². The summed E-state index contributed by atoms with van der Waals surface area (Å²) >= 11 is 0. The number of methoxy groups -OCH3 is 1. The number of ether oxygens (including phenoxy) is 2. The van der Waals surface area contributed by atoms with Crippen LogP contribution in [0.3, 0.4) is 0 Å². The predicted molar refractivity (Wildman–Crippen MR) is 115 cm³/mol. The van der Waals surface area contributed by atoms with Crippen LogP contribution in [0.4, 0.5) is 17.1 Å². The van der Waals surface area contributed by atoms with Gasteiger partial charge in [0.15, 0.2) is 11.5 Å². The van der Waals surface area contributed by atoms with E-state index in [4.69, 9.17) is 9.47 Å². The highest BCUT2D eigenvalue weighted by molar-refractivity contribution is 5.85. The Bertz CT molecular complexity index is 1120. The van der Waals surface area contributed by atoms with Crippen LogP contribution in [-0.4, -0.2) is 23.2 Å². The topological polar surface area (TPSA) is 129 Å². The molecule has 0 amide bonds. The summed E-state index contributed by atoms with van der Waals surface area (Å²) in [6, 6.07) is 18.1. The van der Waals surface area contributed by atoms with Crippen LogP contribution < -0.4 is 14.9 Å². The molecule has 0 fully saturated rings. The maximum atomic E-state index is 11.2. The van der Waals surface area contributed by atoms with Gasteiger partial charge in [-0.25, -0.2) is 0 Å². The van der Waals surface area contributed by atoms with Crippen LogP contribution >= 0.6 is 0 Å². The first-order valence-corrected chi connectivity index (χ1v) is 9.05. The number of non-ortho nitro benzene ring substituents is 1. The summed E-state index contributed by atoms with van der Waals surface area (Å²) in [4.78, 5) is 20.7. The molecular formula is C21H18N4O6. The molecule has 0 aliphatic rings. The number of hydrazone groups is 1. The number of anilines is 1. The van der Waals surface area contributed by atoms with Crippen molar-refractivity contribution in [3.05, 3.63) is 98.1 Å². The highest BCUT2D eigenvalue weighted by Gasteiger charge is 2.19. The number of nitro benzene ring substituents is 2. The number of rotatable bonds is 9. The van der Waals surface area contributed by atoms with Crippen LogP contribution in [0.1, 0.15) is 11.1 Å². The lowest BCUT2D eigenvalue weighted by atomic mass is 10.2. The molecule has 10 heteroatoms. The van der Waals surface area contributed by atoms with Gasteiger partial charge in [-0.15, -0.1) is 0 Å². The molecule has 31 heavy (non-hydrogen) atoms. The van der Waals surface area contributed by atoms with E-state index in [-0.39, 0.29) is 11.4 Å². The van der Waals surface area contributed by atoms with Gasteiger partial charge in [0.25, 0.3) is 5.69 Å². The fourth-order valence-electron chi connectivity index (χ4n) is 2.73. The second kappa shape index (κ2) is 9.83. The van der Waals surface area contributed by atoms with Crippen molar-refractivity contribution in [3.63, 3.8) is 0 Å². The van der Waals surface area contributed by atoms with Crippen molar-refractivity contribution in [2.45, 2.75) is 6.61 Å². The van der Waals surface area contributed by atoms with E-state index in [9.17, 15) is 20.2 Å². The number of para-hydroxylation sites is 1. The summed E-state index contributed by atoms with van der Waals surface area (Å²) in [6.45, 7) is 0.309. The molecule has 0 radical (unpaired) electrons.